The Bertz CT molecular complexity index is 1070. The summed E-state index contributed by atoms with van der Waals surface area (Å²) in [6.45, 7) is 2.72. The molecule has 1 saturated heterocycles. The summed E-state index contributed by atoms with van der Waals surface area (Å²) in [5.41, 5.74) is 3.41. The maximum atomic E-state index is 11.2. The lowest BCUT2D eigenvalue weighted by molar-refractivity contribution is -0.270. The fraction of sp³-hybridized carbons (Fsp3) is 0.296. The molecule has 1 aliphatic rings. The summed E-state index contributed by atoms with van der Waals surface area (Å²) in [7, 11) is 0. The predicted molar refractivity (Wildman–Crippen MR) is 129 cm³/mol. The molecule has 35 heavy (non-hydrogen) atoms. The molecular formula is C27H28N2O6. The number of pyridine rings is 1. The van der Waals surface area contributed by atoms with Crippen molar-refractivity contribution < 1.29 is 28.9 Å². The number of hydrogen-bond donors (Lipinski definition) is 1. The molecule has 0 saturated carbocycles. The molecule has 8 nitrogen and oxygen atoms in total. The Balaban J connectivity index is 1.24. The van der Waals surface area contributed by atoms with Gasteiger partial charge in [-0.05, 0) is 36.2 Å². The first-order chi connectivity index (χ1) is 17.0. The lowest BCUT2D eigenvalue weighted by atomic mass is 9.99. The fourth-order valence-corrected chi connectivity index (χ4v) is 3.59. The first-order valence-electron chi connectivity index (χ1n) is 11.4. The van der Waals surface area contributed by atoms with Gasteiger partial charge in [-0.2, -0.15) is 0 Å². The standard InChI is InChI=1S/C27H28N2O6/c1-27(26(30)31)33-18-21(19-34-27)17-20-10-12-23(13-11-20)32-15-16-35-29-25(22-7-3-2-4-8-22)24-9-5-6-14-28-24/h2-14,21H,15-19H2,1H3,(H,30,31). The van der Waals surface area contributed by atoms with Gasteiger partial charge in [0.1, 0.15) is 18.1 Å². The first-order valence-corrected chi connectivity index (χ1v) is 11.4. The van der Waals surface area contributed by atoms with Crippen LogP contribution in [0.2, 0.25) is 0 Å². The van der Waals surface area contributed by atoms with E-state index >= 15 is 0 Å². The van der Waals surface area contributed by atoms with Gasteiger partial charge in [-0.25, -0.2) is 4.79 Å². The Kier molecular flexibility index (Phi) is 8.07. The number of carboxylic acids is 1. The maximum Gasteiger partial charge on any atom is 0.364 e. The minimum absolute atomic E-state index is 0.0957. The van der Waals surface area contributed by atoms with Crippen LogP contribution in [0.15, 0.2) is 84.1 Å². The Labute approximate surface area is 204 Å². The molecule has 1 aliphatic heterocycles. The van der Waals surface area contributed by atoms with Crippen molar-refractivity contribution in [3.8, 4) is 5.75 Å². The minimum Gasteiger partial charge on any atom is -0.490 e. The maximum absolute atomic E-state index is 11.2. The number of oxime groups is 1. The van der Waals surface area contributed by atoms with Crippen LogP contribution in [0.1, 0.15) is 23.7 Å². The number of nitrogens with zero attached hydrogens (tertiary/aromatic N) is 2. The Hall–Kier alpha value is -3.75. The molecule has 0 bridgehead atoms. The van der Waals surface area contributed by atoms with Gasteiger partial charge in [0.05, 0.1) is 18.9 Å². The van der Waals surface area contributed by atoms with E-state index in [9.17, 15) is 4.79 Å². The second kappa shape index (κ2) is 11.6. The molecule has 4 rings (SSSR count). The summed E-state index contributed by atoms with van der Waals surface area (Å²) in [6.07, 6.45) is 2.45. The van der Waals surface area contributed by atoms with Crippen molar-refractivity contribution in [2.75, 3.05) is 26.4 Å². The second-order valence-electron chi connectivity index (χ2n) is 8.29. The summed E-state index contributed by atoms with van der Waals surface area (Å²) in [5, 5.41) is 13.5. The molecule has 182 valence electrons. The van der Waals surface area contributed by atoms with Crippen LogP contribution < -0.4 is 4.74 Å². The van der Waals surface area contributed by atoms with Crippen LogP contribution in [0, 0.1) is 5.92 Å². The fourth-order valence-electron chi connectivity index (χ4n) is 3.59. The van der Waals surface area contributed by atoms with Gasteiger partial charge in [0.2, 0.25) is 0 Å². The molecule has 0 amide bonds. The van der Waals surface area contributed by atoms with Crippen molar-refractivity contribution >= 4 is 11.7 Å². The number of ether oxygens (including phenoxy) is 3. The van der Waals surface area contributed by atoms with Crippen LogP contribution >= 0.6 is 0 Å². The molecular weight excluding hydrogens is 448 g/mol. The van der Waals surface area contributed by atoms with E-state index in [4.69, 9.17) is 24.2 Å². The Morgan fingerprint density at radius 1 is 1.03 bits per heavy atom. The van der Waals surface area contributed by atoms with Crippen molar-refractivity contribution in [1.29, 1.82) is 0 Å². The Morgan fingerprint density at radius 3 is 2.40 bits per heavy atom. The zero-order valence-corrected chi connectivity index (χ0v) is 19.5. The minimum atomic E-state index is -1.56. The molecule has 1 fully saturated rings. The molecule has 8 heteroatoms. The first kappa shape index (κ1) is 24.4. The highest BCUT2D eigenvalue weighted by atomic mass is 16.7. The summed E-state index contributed by atoms with van der Waals surface area (Å²) >= 11 is 0. The zero-order valence-electron chi connectivity index (χ0n) is 19.5. The molecule has 1 aromatic heterocycles. The average Bonchev–Trinajstić information content (AvgIpc) is 2.89. The van der Waals surface area contributed by atoms with Gasteiger partial charge in [0, 0.05) is 24.6 Å². The number of aromatic nitrogens is 1. The van der Waals surface area contributed by atoms with Gasteiger partial charge in [0.25, 0.3) is 5.79 Å². The molecule has 0 atom stereocenters. The molecule has 2 heterocycles. The van der Waals surface area contributed by atoms with Crippen LogP contribution in [-0.2, 0) is 25.5 Å². The van der Waals surface area contributed by atoms with Crippen molar-refractivity contribution in [2.45, 2.75) is 19.1 Å². The van der Waals surface area contributed by atoms with Crippen LogP contribution in [0.25, 0.3) is 0 Å². The number of benzene rings is 2. The van der Waals surface area contributed by atoms with Crippen LogP contribution in [0.5, 0.6) is 5.75 Å². The van der Waals surface area contributed by atoms with Crippen LogP contribution in [0.4, 0.5) is 0 Å². The third kappa shape index (κ3) is 6.65. The van der Waals surface area contributed by atoms with Gasteiger partial charge >= 0.3 is 5.97 Å². The lowest BCUT2D eigenvalue weighted by Crippen LogP contribution is -2.48. The molecule has 2 aromatic carbocycles. The summed E-state index contributed by atoms with van der Waals surface area (Å²) in [6, 6.07) is 23.2. The smallest absolute Gasteiger partial charge is 0.364 e. The number of rotatable bonds is 10. The second-order valence-corrected chi connectivity index (χ2v) is 8.29. The monoisotopic (exact) mass is 476 g/mol. The number of carboxylic acid groups (broad SMARTS) is 1. The summed E-state index contributed by atoms with van der Waals surface area (Å²) in [5.74, 6) is -1.85. The highest BCUT2D eigenvalue weighted by molar-refractivity contribution is 6.11. The van der Waals surface area contributed by atoms with E-state index in [0.717, 1.165) is 29.0 Å². The van der Waals surface area contributed by atoms with Crippen molar-refractivity contribution in [1.82, 2.24) is 4.98 Å². The van der Waals surface area contributed by atoms with E-state index in [1.807, 2.05) is 72.8 Å². The summed E-state index contributed by atoms with van der Waals surface area (Å²) < 4.78 is 16.6. The Morgan fingerprint density at radius 2 is 1.74 bits per heavy atom. The number of hydrogen-bond acceptors (Lipinski definition) is 7. The number of carbonyl (C=O) groups is 1. The zero-order chi connectivity index (χ0) is 24.5. The molecule has 0 spiro atoms. The van der Waals surface area contributed by atoms with Crippen molar-refractivity contribution in [3.63, 3.8) is 0 Å². The van der Waals surface area contributed by atoms with E-state index < -0.39 is 11.8 Å². The van der Waals surface area contributed by atoms with Crippen LogP contribution in [0.3, 0.4) is 0 Å². The van der Waals surface area contributed by atoms with Gasteiger partial charge in [-0.1, -0.05) is 53.7 Å². The van der Waals surface area contributed by atoms with E-state index in [0.29, 0.717) is 25.5 Å². The van der Waals surface area contributed by atoms with Gasteiger partial charge in [-0.3, -0.25) is 4.98 Å². The van der Waals surface area contributed by atoms with Gasteiger partial charge < -0.3 is 24.2 Å². The highest BCUT2D eigenvalue weighted by Crippen LogP contribution is 2.24. The SMILES string of the molecule is CC1(C(=O)O)OCC(Cc2ccc(OCCON=C(c3ccccc3)c3ccccn3)cc2)CO1. The normalized spacial score (nSPS) is 20.3. The van der Waals surface area contributed by atoms with Crippen molar-refractivity contribution in [2.24, 2.45) is 11.1 Å². The third-order valence-electron chi connectivity index (χ3n) is 5.58. The lowest BCUT2D eigenvalue weighted by Gasteiger charge is -2.34. The van der Waals surface area contributed by atoms with E-state index in [1.165, 1.54) is 6.92 Å². The molecule has 0 aliphatic carbocycles. The van der Waals surface area contributed by atoms with Crippen molar-refractivity contribution in [3.05, 3.63) is 95.8 Å². The predicted octanol–water partition coefficient (Wildman–Crippen LogP) is 3.94. The van der Waals surface area contributed by atoms with E-state index in [1.54, 1.807) is 6.20 Å². The average molecular weight is 477 g/mol. The molecule has 0 unspecified atom stereocenters. The number of aliphatic carboxylic acids is 1. The third-order valence-corrected chi connectivity index (χ3v) is 5.58. The topological polar surface area (TPSA) is 99.5 Å². The molecule has 0 radical (unpaired) electrons. The van der Waals surface area contributed by atoms with Crippen LogP contribution in [-0.4, -0.2) is 54.0 Å². The highest BCUT2D eigenvalue weighted by Gasteiger charge is 2.40. The van der Waals surface area contributed by atoms with Gasteiger partial charge in [0.15, 0.2) is 6.61 Å². The van der Waals surface area contributed by atoms with E-state index in [2.05, 4.69) is 10.1 Å². The van der Waals surface area contributed by atoms with Gasteiger partial charge in [-0.15, -0.1) is 0 Å². The molecule has 1 N–H and O–H groups in total. The van der Waals surface area contributed by atoms with E-state index in [-0.39, 0.29) is 12.5 Å². The summed E-state index contributed by atoms with van der Waals surface area (Å²) in [4.78, 5) is 21.1. The molecule has 3 aromatic rings. The largest absolute Gasteiger partial charge is 0.490 e. The quantitative estimate of drug-likeness (QED) is 0.269.